The molecule has 0 aliphatic rings. The number of nitrogens with zero attached hydrogens (tertiary/aromatic N) is 1. The third-order valence-electron chi connectivity index (χ3n) is 4.22. The Morgan fingerprint density at radius 2 is 1.70 bits per heavy atom. The van der Waals surface area contributed by atoms with Gasteiger partial charge in [0.1, 0.15) is 5.69 Å². The van der Waals surface area contributed by atoms with E-state index in [2.05, 4.69) is 15.6 Å². The van der Waals surface area contributed by atoms with Crippen molar-refractivity contribution in [2.75, 3.05) is 18.4 Å². The van der Waals surface area contributed by atoms with Gasteiger partial charge in [-0.3, -0.25) is 9.78 Å². The van der Waals surface area contributed by atoms with Gasteiger partial charge in [0.05, 0.1) is 6.10 Å². The van der Waals surface area contributed by atoms with Gasteiger partial charge in [-0.05, 0) is 48.4 Å². The van der Waals surface area contributed by atoms with Gasteiger partial charge in [0.2, 0.25) is 0 Å². The average molecular weight is 361 g/mol. The Kier molecular flexibility index (Phi) is 6.68. The number of amides is 1. The van der Waals surface area contributed by atoms with Crippen molar-refractivity contribution in [2.24, 2.45) is 0 Å². The third kappa shape index (κ3) is 5.74. The zero-order valence-corrected chi connectivity index (χ0v) is 15.0. The summed E-state index contributed by atoms with van der Waals surface area (Å²) in [6, 6.07) is 22.6. The molecule has 3 aromatic rings. The lowest BCUT2D eigenvalue weighted by atomic mass is 10.1. The lowest BCUT2D eigenvalue weighted by Crippen LogP contribution is -2.23. The molecule has 1 amide bonds. The summed E-state index contributed by atoms with van der Waals surface area (Å²) in [6.07, 6.45) is 1.94. The molecule has 1 aromatic heterocycles. The quantitative estimate of drug-likeness (QED) is 0.539. The van der Waals surface area contributed by atoms with E-state index in [4.69, 9.17) is 0 Å². The van der Waals surface area contributed by atoms with Crippen LogP contribution in [0.5, 0.6) is 0 Å². The van der Waals surface area contributed by atoms with Gasteiger partial charge in [0.15, 0.2) is 0 Å². The zero-order valence-electron chi connectivity index (χ0n) is 15.0. The second kappa shape index (κ2) is 9.62. The number of aliphatic hydroxyl groups is 1. The Hall–Kier alpha value is -3.02. The van der Waals surface area contributed by atoms with Crippen LogP contribution in [0, 0.1) is 0 Å². The molecule has 0 saturated heterocycles. The summed E-state index contributed by atoms with van der Waals surface area (Å²) >= 11 is 0. The first-order chi connectivity index (χ1) is 13.2. The van der Waals surface area contributed by atoms with E-state index in [1.807, 2.05) is 54.6 Å². The minimum absolute atomic E-state index is 0.222. The van der Waals surface area contributed by atoms with E-state index in [0.29, 0.717) is 12.2 Å². The number of benzene rings is 2. The van der Waals surface area contributed by atoms with Crippen molar-refractivity contribution in [2.45, 2.75) is 12.5 Å². The second-order valence-corrected chi connectivity index (χ2v) is 6.25. The monoisotopic (exact) mass is 361 g/mol. The number of nitrogens with one attached hydrogen (secondary N) is 2. The van der Waals surface area contributed by atoms with Crippen molar-refractivity contribution < 1.29 is 9.90 Å². The highest BCUT2D eigenvalue weighted by Gasteiger charge is 2.07. The highest BCUT2D eigenvalue weighted by molar-refractivity contribution is 6.02. The molecular weight excluding hydrogens is 338 g/mol. The molecule has 0 bridgehead atoms. The number of aromatic nitrogens is 1. The third-order valence-corrected chi connectivity index (χ3v) is 4.22. The van der Waals surface area contributed by atoms with Gasteiger partial charge in [0.25, 0.3) is 5.91 Å². The van der Waals surface area contributed by atoms with Gasteiger partial charge in [-0.1, -0.05) is 48.5 Å². The summed E-state index contributed by atoms with van der Waals surface area (Å²) in [5.74, 6) is -0.222. The molecule has 1 unspecified atom stereocenters. The van der Waals surface area contributed by atoms with Crippen LogP contribution in [-0.2, 0) is 6.42 Å². The molecule has 0 fully saturated rings. The molecule has 0 saturated carbocycles. The normalized spacial score (nSPS) is 11.7. The SMILES string of the molecule is O=C(Nc1ccc(CCNCC(O)c2ccccc2)cc1)c1ccccn1. The van der Waals surface area contributed by atoms with Crippen LogP contribution < -0.4 is 10.6 Å². The van der Waals surface area contributed by atoms with Gasteiger partial charge in [0, 0.05) is 18.4 Å². The van der Waals surface area contributed by atoms with E-state index < -0.39 is 6.10 Å². The first-order valence-corrected chi connectivity index (χ1v) is 8.97. The Morgan fingerprint density at radius 3 is 2.41 bits per heavy atom. The maximum Gasteiger partial charge on any atom is 0.274 e. The van der Waals surface area contributed by atoms with E-state index in [1.54, 1.807) is 24.4 Å². The molecule has 0 spiro atoms. The first-order valence-electron chi connectivity index (χ1n) is 8.97. The van der Waals surface area contributed by atoms with Gasteiger partial charge >= 0.3 is 0 Å². The summed E-state index contributed by atoms with van der Waals surface area (Å²) in [4.78, 5) is 16.1. The van der Waals surface area contributed by atoms with Crippen molar-refractivity contribution >= 4 is 11.6 Å². The van der Waals surface area contributed by atoms with Gasteiger partial charge < -0.3 is 15.7 Å². The Bertz CT molecular complexity index is 836. The molecule has 0 radical (unpaired) electrons. The number of carbonyl (C=O) groups excluding carboxylic acids is 1. The fourth-order valence-corrected chi connectivity index (χ4v) is 2.71. The number of aliphatic hydroxyl groups excluding tert-OH is 1. The molecule has 1 atom stereocenters. The molecule has 27 heavy (non-hydrogen) atoms. The number of hydrogen-bond acceptors (Lipinski definition) is 4. The highest BCUT2D eigenvalue weighted by atomic mass is 16.3. The number of pyridine rings is 1. The van der Waals surface area contributed by atoms with Crippen LogP contribution in [0.15, 0.2) is 79.0 Å². The zero-order chi connectivity index (χ0) is 18.9. The number of anilines is 1. The van der Waals surface area contributed by atoms with Crippen LogP contribution in [0.3, 0.4) is 0 Å². The molecule has 138 valence electrons. The Labute approximate surface area is 159 Å². The first kappa shape index (κ1) is 18.8. The van der Waals surface area contributed by atoms with Crippen LogP contribution in [0.4, 0.5) is 5.69 Å². The maximum atomic E-state index is 12.1. The van der Waals surface area contributed by atoms with Crippen LogP contribution in [-0.4, -0.2) is 29.1 Å². The number of rotatable bonds is 8. The minimum atomic E-state index is -0.504. The molecule has 5 heteroatoms. The predicted octanol–water partition coefficient (Wildman–Crippen LogP) is 3.20. The van der Waals surface area contributed by atoms with Crippen molar-refractivity contribution in [1.82, 2.24) is 10.3 Å². The standard InChI is InChI=1S/C22H23N3O2/c26-21(18-6-2-1-3-7-18)16-23-15-13-17-9-11-19(12-10-17)25-22(27)20-8-4-5-14-24-20/h1-12,14,21,23,26H,13,15-16H2,(H,25,27). The average Bonchev–Trinajstić information content (AvgIpc) is 2.73. The van der Waals surface area contributed by atoms with Crippen LogP contribution in [0.2, 0.25) is 0 Å². The van der Waals surface area contributed by atoms with Crippen molar-refractivity contribution in [3.8, 4) is 0 Å². The van der Waals surface area contributed by atoms with Crippen LogP contribution in [0.1, 0.15) is 27.7 Å². The number of hydrogen-bond donors (Lipinski definition) is 3. The molecule has 1 heterocycles. The molecule has 3 N–H and O–H groups in total. The fourth-order valence-electron chi connectivity index (χ4n) is 2.71. The van der Waals surface area contributed by atoms with Gasteiger partial charge in [-0.2, -0.15) is 0 Å². The minimum Gasteiger partial charge on any atom is -0.387 e. The maximum absolute atomic E-state index is 12.1. The summed E-state index contributed by atoms with van der Waals surface area (Å²) in [7, 11) is 0. The molecule has 0 aliphatic heterocycles. The lowest BCUT2D eigenvalue weighted by Gasteiger charge is -2.12. The Balaban J connectivity index is 1.42. The van der Waals surface area contributed by atoms with Crippen molar-refractivity contribution in [3.05, 3.63) is 95.8 Å². The second-order valence-electron chi connectivity index (χ2n) is 6.25. The molecule has 2 aromatic carbocycles. The number of carbonyl (C=O) groups is 1. The Morgan fingerprint density at radius 1 is 0.963 bits per heavy atom. The summed E-state index contributed by atoms with van der Waals surface area (Å²) in [5, 5.41) is 16.2. The largest absolute Gasteiger partial charge is 0.387 e. The summed E-state index contributed by atoms with van der Waals surface area (Å²) in [6.45, 7) is 1.28. The predicted molar refractivity (Wildman–Crippen MR) is 107 cm³/mol. The van der Waals surface area contributed by atoms with Crippen molar-refractivity contribution in [1.29, 1.82) is 0 Å². The van der Waals surface area contributed by atoms with Crippen LogP contribution in [0.25, 0.3) is 0 Å². The molecular formula is C22H23N3O2. The fraction of sp³-hybridized carbons (Fsp3) is 0.182. The van der Waals surface area contributed by atoms with Gasteiger partial charge in [-0.25, -0.2) is 0 Å². The van der Waals surface area contributed by atoms with Gasteiger partial charge in [-0.15, -0.1) is 0 Å². The lowest BCUT2D eigenvalue weighted by molar-refractivity contribution is 0.102. The summed E-state index contributed by atoms with van der Waals surface area (Å²) in [5.41, 5.74) is 3.20. The topological polar surface area (TPSA) is 74.2 Å². The molecule has 0 aliphatic carbocycles. The molecule has 5 nitrogen and oxygen atoms in total. The van der Waals surface area contributed by atoms with E-state index >= 15 is 0 Å². The molecule has 3 rings (SSSR count). The van der Waals surface area contributed by atoms with E-state index in [9.17, 15) is 9.90 Å². The summed E-state index contributed by atoms with van der Waals surface area (Å²) < 4.78 is 0. The van der Waals surface area contributed by atoms with Crippen molar-refractivity contribution in [3.63, 3.8) is 0 Å². The van der Waals surface area contributed by atoms with Crippen LogP contribution >= 0.6 is 0 Å². The van der Waals surface area contributed by atoms with E-state index in [-0.39, 0.29) is 5.91 Å². The highest BCUT2D eigenvalue weighted by Crippen LogP contribution is 2.12. The van der Waals surface area contributed by atoms with E-state index in [1.165, 1.54) is 0 Å². The van der Waals surface area contributed by atoms with E-state index in [0.717, 1.165) is 29.8 Å². The smallest absolute Gasteiger partial charge is 0.274 e.